The lowest BCUT2D eigenvalue weighted by Gasteiger charge is -2.25. The van der Waals surface area contributed by atoms with Gasteiger partial charge in [-0.15, -0.1) is 0 Å². The molecule has 1 heterocycles. The van der Waals surface area contributed by atoms with Gasteiger partial charge in [-0.05, 0) is 25.0 Å². The highest BCUT2D eigenvalue weighted by molar-refractivity contribution is 6.02. The summed E-state index contributed by atoms with van der Waals surface area (Å²) < 4.78 is 0. The summed E-state index contributed by atoms with van der Waals surface area (Å²) in [7, 11) is 0. The summed E-state index contributed by atoms with van der Waals surface area (Å²) in [6.07, 6.45) is 5.74. The Hall–Kier alpha value is -2.04. The second-order valence-corrected chi connectivity index (χ2v) is 5.80. The molecule has 0 bridgehead atoms. The Labute approximate surface area is 124 Å². The Kier molecular flexibility index (Phi) is 4.08. The predicted molar refractivity (Wildman–Crippen MR) is 81.2 cm³/mol. The van der Waals surface area contributed by atoms with Gasteiger partial charge < -0.3 is 16.0 Å². The molecule has 2 aliphatic rings. The minimum atomic E-state index is -0.417. The fourth-order valence-electron chi connectivity index (χ4n) is 3.04. The van der Waals surface area contributed by atoms with E-state index in [0.717, 1.165) is 18.5 Å². The molecule has 1 atom stereocenters. The Morgan fingerprint density at radius 1 is 1.14 bits per heavy atom. The van der Waals surface area contributed by atoms with Crippen LogP contribution in [0.4, 0.5) is 5.69 Å². The molecule has 2 amide bonds. The lowest BCUT2D eigenvalue weighted by atomic mass is 9.95. The highest BCUT2D eigenvalue weighted by Crippen LogP contribution is 2.20. The average molecular weight is 287 g/mol. The molecular formula is C16H21N3O2. The van der Waals surface area contributed by atoms with Gasteiger partial charge in [-0.3, -0.25) is 9.59 Å². The second kappa shape index (κ2) is 6.16. The van der Waals surface area contributed by atoms with Crippen LogP contribution in [-0.4, -0.2) is 30.4 Å². The molecule has 5 heteroatoms. The standard InChI is InChI=1S/C16H21N3O2/c20-15-12-8-4-5-9-13(12)19-14(10-17-15)16(21)18-11-6-2-1-3-7-11/h4-5,8-9,11,14,19H,1-3,6-7,10H2,(H,17,20)(H,18,21). The molecular weight excluding hydrogens is 266 g/mol. The van der Waals surface area contributed by atoms with Gasteiger partial charge in [0.15, 0.2) is 0 Å². The van der Waals surface area contributed by atoms with Gasteiger partial charge in [-0.1, -0.05) is 31.4 Å². The van der Waals surface area contributed by atoms with Gasteiger partial charge >= 0.3 is 0 Å². The third kappa shape index (κ3) is 3.17. The van der Waals surface area contributed by atoms with E-state index in [1.165, 1.54) is 19.3 Å². The molecule has 1 aliphatic carbocycles. The Bertz CT molecular complexity index is 538. The first-order valence-electron chi connectivity index (χ1n) is 7.68. The molecule has 1 fully saturated rings. The van der Waals surface area contributed by atoms with Gasteiger partial charge in [-0.25, -0.2) is 0 Å². The molecule has 3 rings (SSSR count). The van der Waals surface area contributed by atoms with E-state index in [2.05, 4.69) is 16.0 Å². The smallest absolute Gasteiger partial charge is 0.253 e. The second-order valence-electron chi connectivity index (χ2n) is 5.80. The molecule has 0 radical (unpaired) electrons. The van der Waals surface area contributed by atoms with Gasteiger partial charge in [0.25, 0.3) is 5.91 Å². The molecule has 1 aromatic carbocycles. The normalized spacial score (nSPS) is 22.5. The maximum absolute atomic E-state index is 12.4. The molecule has 1 aromatic rings. The summed E-state index contributed by atoms with van der Waals surface area (Å²) in [6.45, 7) is 0.312. The first kappa shape index (κ1) is 13.9. The summed E-state index contributed by atoms with van der Waals surface area (Å²) in [4.78, 5) is 24.4. The Morgan fingerprint density at radius 2 is 1.90 bits per heavy atom. The summed E-state index contributed by atoms with van der Waals surface area (Å²) >= 11 is 0. The Balaban J connectivity index is 1.68. The molecule has 3 N–H and O–H groups in total. The summed E-state index contributed by atoms with van der Waals surface area (Å²) in [5, 5.41) is 9.10. The van der Waals surface area contributed by atoms with Crippen molar-refractivity contribution in [3.8, 4) is 0 Å². The maximum Gasteiger partial charge on any atom is 0.253 e. The first-order valence-corrected chi connectivity index (χ1v) is 7.68. The highest BCUT2D eigenvalue weighted by atomic mass is 16.2. The highest BCUT2D eigenvalue weighted by Gasteiger charge is 2.27. The van der Waals surface area contributed by atoms with Crippen LogP contribution in [0.5, 0.6) is 0 Å². The molecule has 0 spiro atoms. The zero-order valence-electron chi connectivity index (χ0n) is 12.0. The quantitative estimate of drug-likeness (QED) is 0.775. The average Bonchev–Trinajstić information content (AvgIpc) is 2.68. The van der Waals surface area contributed by atoms with Crippen molar-refractivity contribution in [2.24, 2.45) is 0 Å². The van der Waals surface area contributed by atoms with Crippen LogP contribution in [0, 0.1) is 0 Å². The van der Waals surface area contributed by atoms with Crippen molar-refractivity contribution in [3.63, 3.8) is 0 Å². The van der Waals surface area contributed by atoms with E-state index < -0.39 is 6.04 Å². The van der Waals surface area contributed by atoms with E-state index >= 15 is 0 Å². The summed E-state index contributed by atoms with van der Waals surface area (Å²) in [6, 6.07) is 7.14. The fourth-order valence-corrected chi connectivity index (χ4v) is 3.04. The molecule has 0 saturated heterocycles. The van der Waals surface area contributed by atoms with Crippen LogP contribution in [0.2, 0.25) is 0 Å². The number of nitrogens with one attached hydrogen (secondary N) is 3. The van der Waals surface area contributed by atoms with E-state index in [1.807, 2.05) is 18.2 Å². The third-order valence-corrected chi connectivity index (χ3v) is 4.24. The monoisotopic (exact) mass is 287 g/mol. The fraction of sp³-hybridized carbons (Fsp3) is 0.500. The number of para-hydroxylation sites is 1. The van der Waals surface area contributed by atoms with Gasteiger partial charge in [0.05, 0.1) is 5.56 Å². The minimum absolute atomic E-state index is 0.0288. The van der Waals surface area contributed by atoms with Crippen LogP contribution >= 0.6 is 0 Å². The molecule has 112 valence electrons. The number of carbonyl (C=O) groups is 2. The lowest BCUT2D eigenvalue weighted by Crippen LogP contribution is -2.49. The number of anilines is 1. The number of carbonyl (C=O) groups excluding carboxylic acids is 2. The van der Waals surface area contributed by atoms with Crippen molar-refractivity contribution in [3.05, 3.63) is 29.8 Å². The van der Waals surface area contributed by atoms with Crippen LogP contribution in [0.1, 0.15) is 42.5 Å². The number of rotatable bonds is 2. The Morgan fingerprint density at radius 3 is 2.71 bits per heavy atom. The number of amides is 2. The zero-order valence-corrected chi connectivity index (χ0v) is 12.0. The van der Waals surface area contributed by atoms with Crippen molar-refractivity contribution in [1.29, 1.82) is 0 Å². The maximum atomic E-state index is 12.4. The number of hydrogen-bond donors (Lipinski definition) is 3. The van der Waals surface area contributed by atoms with Crippen molar-refractivity contribution in [1.82, 2.24) is 10.6 Å². The van der Waals surface area contributed by atoms with Gasteiger partial charge in [-0.2, -0.15) is 0 Å². The van der Waals surface area contributed by atoms with Crippen LogP contribution in [0.3, 0.4) is 0 Å². The van der Waals surface area contributed by atoms with Gasteiger partial charge in [0.2, 0.25) is 5.91 Å². The third-order valence-electron chi connectivity index (χ3n) is 4.24. The molecule has 1 aliphatic heterocycles. The van der Waals surface area contributed by atoms with Crippen LogP contribution < -0.4 is 16.0 Å². The van der Waals surface area contributed by atoms with Crippen molar-refractivity contribution in [2.45, 2.75) is 44.2 Å². The minimum Gasteiger partial charge on any atom is -0.372 e. The number of hydrogen-bond acceptors (Lipinski definition) is 3. The molecule has 1 saturated carbocycles. The molecule has 21 heavy (non-hydrogen) atoms. The van der Waals surface area contributed by atoms with Crippen molar-refractivity contribution >= 4 is 17.5 Å². The lowest BCUT2D eigenvalue weighted by molar-refractivity contribution is -0.122. The van der Waals surface area contributed by atoms with E-state index in [9.17, 15) is 9.59 Å². The largest absolute Gasteiger partial charge is 0.372 e. The van der Waals surface area contributed by atoms with E-state index in [0.29, 0.717) is 12.1 Å². The van der Waals surface area contributed by atoms with Crippen LogP contribution in [0.25, 0.3) is 0 Å². The van der Waals surface area contributed by atoms with Crippen LogP contribution in [-0.2, 0) is 4.79 Å². The van der Waals surface area contributed by atoms with E-state index in [-0.39, 0.29) is 17.9 Å². The van der Waals surface area contributed by atoms with E-state index in [4.69, 9.17) is 0 Å². The van der Waals surface area contributed by atoms with E-state index in [1.54, 1.807) is 6.07 Å². The number of benzene rings is 1. The zero-order chi connectivity index (χ0) is 14.7. The summed E-state index contributed by atoms with van der Waals surface area (Å²) in [5.41, 5.74) is 1.31. The molecule has 1 unspecified atom stereocenters. The molecule has 5 nitrogen and oxygen atoms in total. The predicted octanol–water partition coefficient (Wildman–Crippen LogP) is 1.66. The topological polar surface area (TPSA) is 70.2 Å². The van der Waals surface area contributed by atoms with Crippen molar-refractivity contribution in [2.75, 3.05) is 11.9 Å². The van der Waals surface area contributed by atoms with Crippen LogP contribution in [0.15, 0.2) is 24.3 Å². The molecule has 0 aromatic heterocycles. The summed E-state index contributed by atoms with van der Waals surface area (Å²) in [5.74, 6) is -0.162. The van der Waals surface area contributed by atoms with Gasteiger partial charge in [0, 0.05) is 18.3 Å². The number of fused-ring (bicyclic) bond motifs is 1. The first-order chi connectivity index (χ1) is 10.2. The van der Waals surface area contributed by atoms with Crippen molar-refractivity contribution < 1.29 is 9.59 Å². The SMILES string of the molecule is O=C1NCC(C(=O)NC2CCCCC2)Nc2ccccc21. The van der Waals surface area contributed by atoms with Gasteiger partial charge in [0.1, 0.15) is 6.04 Å².